The minimum Gasteiger partial charge on any atom is -0.461 e. The van der Waals surface area contributed by atoms with Crippen molar-refractivity contribution in [1.82, 2.24) is 35.4 Å². The number of ether oxygens (including phenoxy) is 1. The van der Waals surface area contributed by atoms with Crippen LogP contribution in [0.25, 0.3) is 33.1 Å². The maximum absolute atomic E-state index is 17.0. The molecular weight excluding hydrogens is 637 g/mol. The number of amides is 1. The lowest BCUT2D eigenvalue weighted by Gasteiger charge is -2.37. The Bertz CT molecular complexity index is 1880. The number of alkyl halides is 2. The van der Waals surface area contributed by atoms with Crippen LogP contribution in [0.2, 0.25) is 5.02 Å². The number of H-pyrrole nitrogens is 1. The van der Waals surface area contributed by atoms with Crippen molar-refractivity contribution in [2.75, 3.05) is 37.7 Å². The molecule has 1 aromatic carbocycles. The average Bonchev–Trinajstić information content (AvgIpc) is 3.74. The standard InChI is InChI=1S/C32H34ClF3N8O3/c33-22-8-24-20(11-38-42-24)25-19(22)3-1-4-23(35)30(46)39-17-7-18(45)14-43(13-17)29-21-10-37-28(25)26(36)27(21)40-31(41-29)47-15-32-5-2-6-44(32)12-16(34)9-32/h8,10-11,16-18,23,45H,1-7,9,12-15H2,(H,38,42)(H,39,46)/t16-,17-,18+,23+,32+/m1/s1. The van der Waals surface area contributed by atoms with E-state index in [4.69, 9.17) is 16.3 Å². The highest BCUT2D eigenvalue weighted by atomic mass is 35.5. The molecule has 15 heteroatoms. The summed E-state index contributed by atoms with van der Waals surface area (Å²) in [5.74, 6) is -1.24. The van der Waals surface area contributed by atoms with Crippen LogP contribution >= 0.6 is 11.6 Å². The highest BCUT2D eigenvalue weighted by Crippen LogP contribution is 2.42. The van der Waals surface area contributed by atoms with Crippen LogP contribution in [0, 0.1) is 5.82 Å². The van der Waals surface area contributed by atoms with Crippen molar-refractivity contribution >= 4 is 45.1 Å². The van der Waals surface area contributed by atoms with E-state index in [2.05, 4.69) is 35.4 Å². The maximum atomic E-state index is 17.0. The van der Waals surface area contributed by atoms with Gasteiger partial charge in [-0.3, -0.25) is 19.8 Å². The minimum absolute atomic E-state index is 0.0215. The zero-order chi connectivity index (χ0) is 32.4. The second-order valence-electron chi connectivity index (χ2n) is 13.3. The molecule has 0 spiro atoms. The summed E-state index contributed by atoms with van der Waals surface area (Å²) < 4.78 is 52.8. The zero-order valence-corrected chi connectivity index (χ0v) is 26.2. The number of pyridine rings is 1. The first-order valence-electron chi connectivity index (χ1n) is 16.1. The van der Waals surface area contributed by atoms with Crippen LogP contribution in [0.3, 0.4) is 0 Å². The fourth-order valence-electron chi connectivity index (χ4n) is 8.00. The van der Waals surface area contributed by atoms with Gasteiger partial charge in [0.1, 0.15) is 29.8 Å². The summed E-state index contributed by atoms with van der Waals surface area (Å²) in [4.78, 5) is 30.6. The molecule has 0 unspecified atom stereocenters. The van der Waals surface area contributed by atoms with Crippen LogP contribution in [0.4, 0.5) is 19.0 Å². The van der Waals surface area contributed by atoms with Gasteiger partial charge in [0, 0.05) is 54.3 Å². The number of carbonyl (C=O) groups excluding carboxylic acids is 1. The molecule has 9 rings (SSSR count). The van der Waals surface area contributed by atoms with Crippen molar-refractivity contribution in [3.05, 3.63) is 34.9 Å². The Kier molecular flexibility index (Phi) is 7.64. The number of halogens is 4. The molecular formula is C32H34ClF3N8O3. The van der Waals surface area contributed by atoms with Crippen LogP contribution in [-0.2, 0) is 11.2 Å². The zero-order valence-electron chi connectivity index (χ0n) is 25.5. The molecule has 5 atom stereocenters. The molecule has 1 amide bonds. The van der Waals surface area contributed by atoms with E-state index in [0.717, 1.165) is 19.4 Å². The van der Waals surface area contributed by atoms with Gasteiger partial charge in [0.15, 0.2) is 12.0 Å². The number of carbonyl (C=O) groups is 1. The van der Waals surface area contributed by atoms with E-state index in [0.29, 0.717) is 40.0 Å². The molecule has 5 aliphatic rings. The second-order valence-corrected chi connectivity index (χ2v) is 13.7. The summed E-state index contributed by atoms with van der Waals surface area (Å²) in [5.41, 5.74) is 0.940. The second kappa shape index (κ2) is 11.7. The summed E-state index contributed by atoms with van der Waals surface area (Å²) in [6.07, 6.45) is 2.08. The van der Waals surface area contributed by atoms with Crippen molar-refractivity contribution in [3.63, 3.8) is 0 Å². The first-order chi connectivity index (χ1) is 22.7. The lowest BCUT2D eigenvalue weighted by atomic mass is 9.94. The molecule has 6 bridgehead atoms. The van der Waals surface area contributed by atoms with E-state index in [-0.39, 0.29) is 73.8 Å². The van der Waals surface area contributed by atoms with E-state index in [1.807, 2.05) is 0 Å². The van der Waals surface area contributed by atoms with Gasteiger partial charge in [-0.1, -0.05) is 11.6 Å². The van der Waals surface area contributed by atoms with Crippen LogP contribution in [0.15, 0.2) is 18.5 Å². The van der Waals surface area contributed by atoms with Gasteiger partial charge in [0.05, 0.1) is 28.7 Å². The summed E-state index contributed by atoms with van der Waals surface area (Å²) in [7, 11) is 0. The van der Waals surface area contributed by atoms with Crippen LogP contribution in [-0.4, -0.2) is 104 Å². The molecule has 8 heterocycles. The molecule has 47 heavy (non-hydrogen) atoms. The van der Waals surface area contributed by atoms with E-state index in [1.165, 1.54) is 6.20 Å². The molecule has 3 N–H and O–H groups in total. The molecule has 3 saturated heterocycles. The third kappa shape index (κ3) is 5.34. The number of nitrogens with one attached hydrogen (secondary N) is 2. The SMILES string of the molecule is O=C1N[C@@H]2C[C@H](O)CN(C2)c2nc(OC[C@@]34CCCN3C[C@H](F)C4)nc3c(F)c(ncc23)-c2c(c(Cl)cc3[nH]ncc23)CCC[C@@H]1F. The van der Waals surface area contributed by atoms with Gasteiger partial charge >= 0.3 is 6.01 Å². The Morgan fingerprint density at radius 3 is 2.89 bits per heavy atom. The third-order valence-corrected chi connectivity index (χ3v) is 10.5. The Balaban J connectivity index is 1.30. The number of nitrogens with zero attached hydrogens (tertiary/aromatic N) is 6. The number of aliphatic hydroxyl groups excluding tert-OH is 1. The van der Waals surface area contributed by atoms with Crippen molar-refractivity contribution in [2.24, 2.45) is 0 Å². The fourth-order valence-corrected chi connectivity index (χ4v) is 8.29. The number of benzene rings is 1. The van der Waals surface area contributed by atoms with Crippen molar-refractivity contribution in [1.29, 1.82) is 0 Å². The van der Waals surface area contributed by atoms with Crippen molar-refractivity contribution < 1.29 is 27.8 Å². The normalized spacial score (nSPS) is 28.3. The molecule has 3 aromatic heterocycles. The molecule has 11 nitrogen and oxygen atoms in total. The van der Waals surface area contributed by atoms with Crippen molar-refractivity contribution in [2.45, 2.75) is 75.0 Å². The monoisotopic (exact) mass is 670 g/mol. The lowest BCUT2D eigenvalue weighted by Crippen LogP contribution is -2.54. The first-order valence-corrected chi connectivity index (χ1v) is 16.5. The highest BCUT2D eigenvalue weighted by Gasteiger charge is 2.49. The molecule has 0 radical (unpaired) electrons. The van der Waals surface area contributed by atoms with Gasteiger partial charge in [-0.05, 0) is 56.7 Å². The Morgan fingerprint density at radius 2 is 2.02 bits per heavy atom. The van der Waals surface area contributed by atoms with E-state index in [9.17, 15) is 14.3 Å². The quantitative estimate of drug-likeness (QED) is 0.295. The van der Waals surface area contributed by atoms with E-state index in [1.54, 1.807) is 17.2 Å². The van der Waals surface area contributed by atoms with Gasteiger partial charge in [-0.2, -0.15) is 15.1 Å². The number of aromatic nitrogens is 5. The number of piperidine rings is 1. The van der Waals surface area contributed by atoms with Gasteiger partial charge < -0.3 is 20.1 Å². The predicted octanol–water partition coefficient (Wildman–Crippen LogP) is 4.05. The first kappa shape index (κ1) is 30.6. The molecule has 0 saturated carbocycles. The molecule has 0 aliphatic carbocycles. The maximum Gasteiger partial charge on any atom is 0.319 e. The highest BCUT2D eigenvalue weighted by molar-refractivity contribution is 6.33. The van der Waals surface area contributed by atoms with E-state index < -0.39 is 41.8 Å². The van der Waals surface area contributed by atoms with Crippen LogP contribution in [0.5, 0.6) is 6.01 Å². The van der Waals surface area contributed by atoms with Gasteiger partial charge in [0.2, 0.25) is 0 Å². The summed E-state index contributed by atoms with van der Waals surface area (Å²) in [6.45, 7) is 1.56. The Hall–Kier alpha value is -3.75. The summed E-state index contributed by atoms with van der Waals surface area (Å²) in [6, 6.07) is 0.985. The van der Waals surface area contributed by atoms with E-state index >= 15 is 8.78 Å². The molecule has 5 aliphatic heterocycles. The number of hydrogen-bond donors (Lipinski definition) is 3. The number of anilines is 1. The average molecular weight is 671 g/mol. The van der Waals surface area contributed by atoms with Gasteiger partial charge in [-0.25, -0.2) is 13.2 Å². The summed E-state index contributed by atoms with van der Waals surface area (Å²) in [5, 5.41) is 21.7. The molecule has 248 valence electrons. The summed E-state index contributed by atoms with van der Waals surface area (Å²) >= 11 is 6.73. The minimum atomic E-state index is -1.79. The Morgan fingerprint density at radius 1 is 1.15 bits per heavy atom. The largest absolute Gasteiger partial charge is 0.461 e. The predicted molar refractivity (Wildman–Crippen MR) is 169 cm³/mol. The van der Waals surface area contributed by atoms with Gasteiger partial charge in [-0.15, -0.1) is 0 Å². The number of rotatable bonds is 3. The topological polar surface area (TPSA) is 132 Å². The fraction of sp³-hybridized carbons (Fsp3) is 0.531. The number of aliphatic hydroxyl groups is 1. The third-order valence-electron chi connectivity index (χ3n) is 10.2. The molecule has 3 fully saturated rings. The van der Waals surface area contributed by atoms with Gasteiger partial charge in [0.25, 0.3) is 5.91 Å². The van der Waals surface area contributed by atoms with Crippen LogP contribution in [0.1, 0.15) is 44.1 Å². The van der Waals surface area contributed by atoms with Crippen molar-refractivity contribution in [3.8, 4) is 17.3 Å². The number of aromatic amines is 1. The smallest absolute Gasteiger partial charge is 0.319 e. The van der Waals surface area contributed by atoms with Crippen LogP contribution < -0.4 is 15.0 Å². The number of fused-ring (bicyclic) bond motifs is 8. The molecule has 4 aromatic rings. The lowest BCUT2D eigenvalue weighted by molar-refractivity contribution is -0.127. The number of hydrogen-bond acceptors (Lipinski definition) is 9. The Labute approximate surface area is 272 Å².